The molecule has 0 spiro atoms. The lowest BCUT2D eigenvalue weighted by Gasteiger charge is -2.30. The number of hydrogen-bond acceptors (Lipinski definition) is 0. The molecular formula is C14H30ClN. The van der Waals surface area contributed by atoms with Gasteiger partial charge in [-0.3, -0.25) is 0 Å². The zero-order valence-electron chi connectivity index (χ0n) is 11.2. The zero-order valence-corrected chi connectivity index (χ0v) is 12.0. The molecule has 1 aliphatic rings. The molecule has 2 unspecified atom stereocenters. The van der Waals surface area contributed by atoms with Crippen LogP contribution >= 0.6 is 0 Å². The third-order valence-corrected chi connectivity index (χ3v) is 3.93. The third-order valence-electron chi connectivity index (χ3n) is 3.93. The van der Waals surface area contributed by atoms with Gasteiger partial charge in [-0.1, -0.05) is 32.6 Å². The fourth-order valence-corrected chi connectivity index (χ4v) is 2.76. The Morgan fingerprint density at radius 2 is 1.69 bits per heavy atom. The highest BCUT2D eigenvalue weighted by Crippen LogP contribution is 2.05. The van der Waals surface area contributed by atoms with Crippen molar-refractivity contribution in [3.63, 3.8) is 0 Å². The molecule has 0 aromatic rings. The lowest BCUT2D eigenvalue weighted by atomic mass is 10.0. The summed E-state index contributed by atoms with van der Waals surface area (Å²) in [6.07, 6.45) is 13.1. The molecule has 0 amide bonds. The van der Waals surface area contributed by atoms with Gasteiger partial charge in [0.25, 0.3) is 0 Å². The second-order valence-corrected chi connectivity index (χ2v) is 5.32. The van der Waals surface area contributed by atoms with Crippen LogP contribution in [0, 0.1) is 0 Å². The van der Waals surface area contributed by atoms with Crippen molar-refractivity contribution in [3.8, 4) is 0 Å². The van der Waals surface area contributed by atoms with Crippen LogP contribution in [0.2, 0.25) is 0 Å². The van der Waals surface area contributed by atoms with Gasteiger partial charge in [-0.25, -0.2) is 0 Å². The number of rotatable bonds is 7. The van der Waals surface area contributed by atoms with Crippen LogP contribution in [0.3, 0.4) is 0 Å². The van der Waals surface area contributed by atoms with Gasteiger partial charge in [-0.15, -0.1) is 0 Å². The molecule has 0 bridgehead atoms. The van der Waals surface area contributed by atoms with Gasteiger partial charge >= 0.3 is 0 Å². The van der Waals surface area contributed by atoms with E-state index in [9.17, 15) is 0 Å². The molecule has 1 fully saturated rings. The first-order chi connectivity index (χ1) is 7.34. The van der Waals surface area contributed by atoms with E-state index >= 15 is 0 Å². The molecular weight excluding hydrogens is 218 g/mol. The Labute approximate surface area is 108 Å². The normalized spacial score (nSPS) is 25.1. The maximum Gasteiger partial charge on any atom is 0.0846 e. The second kappa shape index (κ2) is 10.4. The molecule has 1 N–H and O–H groups in total. The van der Waals surface area contributed by atoms with E-state index in [1.165, 1.54) is 70.9 Å². The molecule has 16 heavy (non-hydrogen) atoms. The predicted molar refractivity (Wildman–Crippen MR) is 67.4 cm³/mol. The van der Waals surface area contributed by atoms with Gasteiger partial charge in [-0.2, -0.15) is 0 Å². The van der Waals surface area contributed by atoms with Crippen molar-refractivity contribution in [2.24, 2.45) is 0 Å². The monoisotopic (exact) mass is 247 g/mol. The Bertz CT molecular complexity index is 150. The molecule has 1 rings (SSSR count). The summed E-state index contributed by atoms with van der Waals surface area (Å²) >= 11 is 0. The predicted octanol–water partition coefficient (Wildman–Crippen LogP) is -0.192. The number of quaternary nitrogens is 1. The largest absolute Gasteiger partial charge is 1.00 e. The van der Waals surface area contributed by atoms with Crippen molar-refractivity contribution in [1.82, 2.24) is 0 Å². The standard InChI is InChI=1S/C14H29N.ClH/c1-3-4-5-6-7-9-12-15-13-10-8-11-14(15)2;/h14H,3-13H2,1-2H3;1H. The summed E-state index contributed by atoms with van der Waals surface area (Å²) < 4.78 is 0. The quantitative estimate of drug-likeness (QED) is 0.595. The number of halogens is 1. The molecule has 0 aliphatic carbocycles. The first-order valence-corrected chi connectivity index (χ1v) is 7.19. The molecule has 1 nitrogen and oxygen atoms in total. The van der Waals surface area contributed by atoms with Crippen LogP contribution in [0.15, 0.2) is 0 Å². The minimum absolute atomic E-state index is 0. The van der Waals surface area contributed by atoms with E-state index in [4.69, 9.17) is 0 Å². The summed E-state index contributed by atoms with van der Waals surface area (Å²) in [5, 5.41) is 0. The number of likely N-dealkylation sites (tertiary alicyclic amines) is 1. The van der Waals surface area contributed by atoms with E-state index in [-0.39, 0.29) is 12.4 Å². The summed E-state index contributed by atoms with van der Waals surface area (Å²) in [5.41, 5.74) is 0. The van der Waals surface area contributed by atoms with Crippen molar-refractivity contribution in [3.05, 3.63) is 0 Å². The Balaban J connectivity index is 0.00000225. The van der Waals surface area contributed by atoms with E-state index in [1.54, 1.807) is 0 Å². The van der Waals surface area contributed by atoms with Crippen LogP contribution in [0.4, 0.5) is 0 Å². The van der Waals surface area contributed by atoms with E-state index in [1.807, 2.05) is 4.90 Å². The van der Waals surface area contributed by atoms with Crippen molar-refractivity contribution in [2.45, 2.75) is 77.7 Å². The van der Waals surface area contributed by atoms with Crippen molar-refractivity contribution in [1.29, 1.82) is 0 Å². The molecule has 1 aliphatic heterocycles. The maximum absolute atomic E-state index is 2.44. The summed E-state index contributed by atoms with van der Waals surface area (Å²) in [5.74, 6) is 0. The summed E-state index contributed by atoms with van der Waals surface area (Å²) in [6.45, 7) is 7.61. The van der Waals surface area contributed by atoms with Crippen LogP contribution in [-0.4, -0.2) is 19.1 Å². The van der Waals surface area contributed by atoms with Crippen molar-refractivity contribution in [2.75, 3.05) is 13.1 Å². The number of unbranched alkanes of at least 4 members (excludes halogenated alkanes) is 5. The van der Waals surface area contributed by atoms with E-state index in [0.717, 1.165) is 6.04 Å². The summed E-state index contributed by atoms with van der Waals surface area (Å²) in [4.78, 5) is 1.89. The highest BCUT2D eigenvalue weighted by atomic mass is 35.5. The Hall–Kier alpha value is 0.250. The minimum atomic E-state index is 0. The van der Waals surface area contributed by atoms with Gasteiger partial charge < -0.3 is 17.3 Å². The molecule has 0 radical (unpaired) electrons. The minimum Gasteiger partial charge on any atom is -1.00 e. The third kappa shape index (κ3) is 6.75. The average molecular weight is 248 g/mol. The van der Waals surface area contributed by atoms with Crippen LogP contribution in [-0.2, 0) is 0 Å². The van der Waals surface area contributed by atoms with Gasteiger partial charge in [-0.05, 0) is 39.0 Å². The maximum atomic E-state index is 2.44. The molecule has 0 aromatic carbocycles. The number of hydrogen-bond donors (Lipinski definition) is 1. The fourth-order valence-electron chi connectivity index (χ4n) is 2.76. The highest BCUT2D eigenvalue weighted by Gasteiger charge is 2.20. The molecule has 2 heteroatoms. The first-order valence-electron chi connectivity index (χ1n) is 7.19. The SMILES string of the molecule is CCCCCCCC[NH+]1CCCCC1C.[Cl-]. The van der Waals surface area contributed by atoms with Crippen LogP contribution in [0.25, 0.3) is 0 Å². The van der Waals surface area contributed by atoms with Crippen LogP contribution in [0.5, 0.6) is 0 Å². The van der Waals surface area contributed by atoms with Gasteiger partial charge in [0.15, 0.2) is 0 Å². The number of piperidine rings is 1. The van der Waals surface area contributed by atoms with Crippen molar-refractivity contribution < 1.29 is 17.3 Å². The summed E-state index contributed by atoms with van der Waals surface area (Å²) in [6, 6.07) is 0.939. The topological polar surface area (TPSA) is 4.44 Å². The lowest BCUT2D eigenvalue weighted by molar-refractivity contribution is -0.928. The van der Waals surface area contributed by atoms with Gasteiger partial charge in [0.05, 0.1) is 19.1 Å². The van der Waals surface area contributed by atoms with Gasteiger partial charge in [0.1, 0.15) is 0 Å². The van der Waals surface area contributed by atoms with E-state index in [2.05, 4.69) is 13.8 Å². The molecule has 1 heterocycles. The van der Waals surface area contributed by atoms with Crippen LogP contribution in [0.1, 0.15) is 71.6 Å². The van der Waals surface area contributed by atoms with Gasteiger partial charge in [0.2, 0.25) is 0 Å². The Kier molecular flexibility index (Phi) is 10.6. The van der Waals surface area contributed by atoms with Crippen LogP contribution < -0.4 is 17.3 Å². The van der Waals surface area contributed by atoms with E-state index in [0.29, 0.717) is 0 Å². The molecule has 0 saturated carbocycles. The highest BCUT2D eigenvalue weighted by molar-refractivity contribution is 4.55. The average Bonchev–Trinajstić information content (AvgIpc) is 2.25. The second-order valence-electron chi connectivity index (χ2n) is 5.32. The Morgan fingerprint density at radius 1 is 1.00 bits per heavy atom. The first kappa shape index (κ1) is 16.2. The molecule has 98 valence electrons. The molecule has 1 saturated heterocycles. The lowest BCUT2D eigenvalue weighted by Crippen LogP contribution is -3.16. The molecule has 2 atom stereocenters. The molecule has 0 aromatic heterocycles. The Morgan fingerprint density at radius 3 is 2.38 bits per heavy atom. The zero-order chi connectivity index (χ0) is 10.9. The number of nitrogens with one attached hydrogen (secondary N) is 1. The summed E-state index contributed by atoms with van der Waals surface area (Å²) in [7, 11) is 0. The smallest absolute Gasteiger partial charge is 0.0846 e. The van der Waals surface area contributed by atoms with Gasteiger partial charge in [0, 0.05) is 0 Å². The van der Waals surface area contributed by atoms with E-state index < -0.39 is 0 Å². The fraction of sp³-hybridized carbons (Fsp3) is 1.00. The van der Waals surface area contributed by atoms with Crippen molar-refractivity contribution >= 4 is 0 Å².